The number of nitrogen functional groups attached to an aromatic ring is 1. The van der Waals surface area contributed by atoms with E-state index in [4.69, 9.17) is 11.5 Å². The zero-order chi connectivity index (χ0) is 18.3. The number of carbonyl (C=O) groups is 2. The zero-order valence-corrected chi connectivity index (χ0v) is 14.5. The molecule has 8 nitrogen and oxygen atoms in total. The molecule has 4 rings (SSSR count). The molecule has 5 N–H and O–H groups in total. The summed E-state index contributed by atoms with van der Waals surface area (Å²) in [6.07, 6.45) is 5.59. The summed E-state index contributed by atoms with van der Waals surface area (Å²) in [5.41, 5.74) is 14.0. The molecule has 0 saturated carbocycles. The summed E-state index contributed by atoms with van der Waals surface area (Å²) >= 11 is 0. The van der Waals surface area contributed by atoms with Crippen molar-refractivity contribution in [3.8, 4) is 0 Å². The van der Waals surface area contributed by atoms with Crippen LogP contribution < -0.4 is 16.4 Å². The van der Waals surface area contributed by atoms with Crippen LogP contribution in [-0.4, -0.2) is 46.3 Å². The van der Waals surface area contributed by atoms with Crippen LogP contribution >= 0.6 is 0 Å². The molecule has 26 heavy (non-hydrogen) atoms. The van der Waals surface area contributed by atoms with Crippen molar-refractivity contribution in [1.29, 1.82) is 0 Å². The second-order valence-corrected chi connectivity index (χ2v) is 6.81. The van der Waals surface area contributed by atoms with E-state index in [-0.39, 0.29) is 17.3 Å². The molecule has 0 atom stereocenters. The Hall–Kier alpha value is -3.03. The van der Waals surface area contributed by atoms with Crippen molar-refractivity contribution < 1.29 is 9.59 Å². The number of aromatic amines is 1. The number of pyridine rings is 1. The Balaban J connectivity index is 1.66. The Morgan fingerprint density at radius 2 is 1.88 bits per heavy atom. The molecule has 1 saturated heterocycles. The molecule has 0 aliphatic carbocycles. The predicted molar refractivity (Wildman–Crippen MR) is 98.4 cm³/mol. The lowest BCUT2D eigenvalue weighted by Crippen LogP contribution is -2.28. The number of carbonyl (C=O) groups excluding carboxylic acids is 2. The minimum atomic E-state index is -0.647. The van der Waals surface area contributed by atoms with Crippen LogP contribution in [0, 0.1) is 0 Å². The maximum Gasteiger partial charge on any atom is 0.270 e. The highest BCUT2D eigenvalue weighted by Gasteiger charge is 2.27. The zero-order valence-electron chi connectivity index (χ0n) is 14.5. The molecule has 0 unspecified atom stereocenters. The van der Waals surface area contributed by atoms with Gasteiger partial charge < -0.3 is 26.3 Å². The van der Waals surface area contributed by atoms with Crippen molar-refractivity contribution in [2.45, 2.75) is 25.7 Å². The Bertz CT molecular complexity index is 869. The van der Waals surface area contributed by atoms with Gasteiger partial charge in [0.2, 0.25) is 0 Å². The van der Waals surface area contributed by atoms with E-state index < -0.39 is 5.91 Å². The lowest BCUT2D eigenvalue weighted by molar-refractivity contribution is 0.0787. The van der Waals surface area contributed by atoms with Crippen LogP contribution in [0.3, 0.4) is 0 Å². The van der Waals surface area contributed by atoms with Gasteiger partial charge in [0, 0.05) is 19.6 Å². The van der Waals surface area contributed by atoms with E-state index in [1.54, 1.807) is 12.3 Å². The number of H-pyrrole nitrogens is 1. The lowest BCUT2D eigenvalue weighted by Gasteiger charge is -2.28. The number of aromatic nitrogens is 2. The Labute approximate surface area is 151 Å². The summed E-state index contributed by atoms with van der Waals surface area (Å²) < 4.78 is 0. The molecule has 0 radical (unpaired) electrons. The number of nitrogens with zero attached hydrogens (tertiary/aromatic N) is 3. The molecule has 2 aliphatic rings. The standard InChI is InChI=1S/C18H22N6O2/c19-13-9-12(10-21-15(13)16(20)25)24-7-3-4-11-8-14(22-17(11)24)18(26)23-5-1-2-6-23/h8-10,22H,1-7,19H2,(H2,20,25). The Morgan fingerprint density at radius 1 is 1.12 bits per heavy atom. The van der Waals surface area contributed by atoms with Gasteiger partial charge >= 0.3 is 0 Å². The number of anilines is 3. The molecule has 8 heteroatoms. The van der Waals surface area contributed by atoms with Gasteiger partial charge in [-0.05, 0) is 43.4 Å². The molecule has 0 aromatic carbocycles. The highest BCUT2D eigenvalue weighted by Crippen LogP contribution is 2.34. The van der Waals surface area contributed by atoms with Crippen molar-refractivity contribution in [2.75, 3.05) is 30.3 Å². The molecule has 2 aliphatic heterocycles. The summed E-state index contributed by atoms with van der Waals surface area (Å²) in [6, 6.07) is 3.65. The largest absolute Gasteiger partial charge is 0.397 e. The molecular formula is C18H22N6O2. The summed E-state index contributed by atoms with van der Waals surface area (Å²) in [5.74, 6) is 0.303. The van der Waals surface area contributed by atoms with E-state index in [1.807, 2.05) is 15.9 Å². The molecule has 4 heterocycles. The van der Waals surface area contributed by atoms with E-state index in [9.17, 15) is 9.59 Å². The molecular weight excluding hydrogens is 332 g/mol. The average Bonchev–Trinajstić information content (AvgIpc) is 3.29. The first-order valence-corrected chi connectivity index (χ1v) is 8.88. The van der Waals surface area contributed by atoms with E-state index >= 15 is 0 Å². The molecule has 1 fully saturated rings. The molecule has 2 aromatic heterocycles. The quantitative estimate of drug-likeness (QED) is 0.769. The van der Waals surface area contributed by atoms with Gasteiger partial charge in [0.1, 0.15) is 11.5 Å². The van der Waals surface area contributed by atoms with Gasteiger partial charge in [0.25, 0.3) is 11.8 Å². The smallest absolute Gasteiger partial charge is 0.270 e. The van der Waals surface area contributed by atoms with Crippen molar-refractivity contribution in [2.24, 2.45) is 5.73 Å². The third-order valence-corrected chi connectivity index (χ3v) is 5.05. The number of rotatable bonds is 3. The van der Waals surface area contributed by atoms with Crippen LogP contribution in [0.1, 0.15) is 45.8 Å². The molecule has 0 bridgehead atoms. The number of aryl methyl sites for hydroxylation is 1. The summed E-state index contributed by atoms with van der Waals surface area (Å²) in [4.78, 5) is 35.3. The van der Waals surface area contributed by atoms with Gasteiger partial charge in [-0.15, -0.1) is 0 Å². The van der Waals surface area contributed by atoms with Crippen molar-refractivity contribution in [1.82, 2.24) is 14.9 Å². The highest BCUT2D eigenvalue weighted by molar-refractivity contribution is 5.97. The van der Waals surface area contributed by atoms with Crippen LogP contribution in [0.15, 0.2) is 18.3 Å². The number of nitrogens with one attached hydrogen (secondary N) is 1. The Morgan fingerprint density at radius 3 is 2.58 bits per heavy atom. The normalized spacial score (nSPS) is 16.6. The third kappa shape index (κ3) is 2.77. The van der Waals surface area contributed by atoms with Crippen molar-refractivity contribution in [3.63, 3.8) is 0 Å². The number of likely N-dealkylation sites (tertiary alicyclic amines) is 1. The van der Waals surface area contributed by atoms with Crippen LogP contribution in [0.25, 0.3) is 0 Å². The fraction of sp³-hybridized carbons (Fsp3) is 0.389. The van der Waals surface area contributed by atoms with E-state index in [2.05, 4.69) is 9.97 Å². The summed E-state index contributed by atoms with van der Waals surface area (Å²) in [7, 11) is 0. The SMILES string of the molecule is NC(=O)c1ncc(N2CCCc3cc(C(=O)N4CCCC4)[nH]c32)cc1N. The van der Waals surface area contributed by atoms with Crippen LogP contribution in [0.2, 0.25) is 0 Å². The Kier molecular flexibility index (Phi) is 4.02. The van der Waals surface area contributed by atoms with E-state index in [1.165, 1.54) is 0 Å². The van der Waals surface area contributed by atoms with Gasteiger partial charge in [0.05, 0.1) is 17.6 Å². The van der Waals surface area contributed by atoms with Gasteiger partial charge in [-0.3, -0.25) is 9.59 Å². The van der Waals surface area contributed by atoms with E-state index in [0.717, 1.165) is 62.4 Å². The molecule has 2 aromatic rings. The third-order valence-electron chi connectivity index (χ3n) is 5.05. The minimum Gasteiger partial charge on any atom is -0.397 e. The summed E-state index contributed by atoms with van der Waals surface area (Å²) in [5, 5.41) is 0. The van der Waals surface area contributed by atoms with Crippen LogP contribution in [-0.2, 0) is 6.42 Å². The highest BCUT2D eigenvalue weighted by atomic mass is 16.2. The van der Waals surface area contributed by atoms with Crippen molar-refractivity contribution in [3.05, 3.63) is 35.3 Å². The van der Waals surface area contributed by atoms with Gasteiger partial charge in [0.15, 0.2) is 5.69 Å². The number of primary amides is 1. The first-order valence-electron chi connectivity index (χ1n) is 8.88. The topological polar surface area (TPSA) is 121 Å². The molecule has 0 spiro atoms. The first-order chi connectivity index (χ1) is 12.5. The fourth-order valence-electron chi connectivity index (χ4n) is 3.74. The fourth-order valence-corrected chi connectivity index (χ4v) is 3.74. The molecule has 136 valence electrons. The maximum atomic E-state index is 12.7. The maximum absolute atomic E-state index is 12.7. The van der Waals surface area contributed by atoms with Crippen LogP contribution in [0.4, 0.5) is 17.2 Å². The number of hydrogen-bond donors (Lipinski definition) is 3. The lowest BCUT2D eigenvalue weighted by atomic mass is 10.1. The minimum absolute atomic E-state index is 0.0542. The number of hydrogen-bond acceptors (Lipinski definition) is 5. The second kappa shape index (κ2) is 6.36. The number of amides is 2. The van der Waals surface area contributed by atoms with E-state index in [0.29, 0.717) is 5.69 Å². The van der Waals surface area contributed by atoms with Gasteiger partial charge in [-0.2, -0.15) is 0 Å². The van der Waals surface area contributed by atoms with Gasteiger partial charge in [-0.1, -0.05) is 0 Å². The predicted octanol–water partition coefficient (Wildman–Crippen LogP) is 1.41. The summed E-state index contributed by atoms with van der Waals surface area (Å²) in [6.45, 7) is 2.42. The number of fused-ring (bicyclic) bond motifs is 1. The van der Waals surface area contributed by atoms with Crippen LogP contribution in [0.5, 0.6) is 0 Å². The van der Waals surface area contributed by atoms with Gasteiger partial charge in [-0.25, -0.2) is 4.98 Å². The number of nitrogens with two attached hydrogens (primary N) is 2. The molecule has 2 amide bonds. The second-order valence-electron chi connectivity index (χ2n) is 6.81. The van der Waals surface area contributed by atoms with Crippen molar-refractivity contribution >= 4 is 29.0 Å². The average molecular weight is 354 g/mol. The first kappa shape index (κ1) is 16.4. The monoisotopic (exact) mass is 354 g/mol.